The average molecular weight is 895 g/mol. The van der Waals surface area contributed by atoms with Crippen LogP contribution in [0.1, 0.15) is 130 Å². The fourth-order valence-corrected chi connectivity index (χ4v) is 9.03. The molecule has 5 heteroatoms. The molecule has 0 amide bonds. The van der Waals surface area contributed by atoms with Gasteiger partial charge >= 0.3 is 108 Å². The number of hydrogen-bond donors (Lipinski definition) is 0. The summed E-state index contributed by atoms with van der Waals surface area (Å²) in [6.45, 7) is 30.1. The summed E-state index contributed by atoms with van der Waals surface area (Å²) >= 11 is 1.13. The second-order valence-electron chi connectivity index (χ2n) is 20.0. The third kappa shape index (κ3) is 9.91. The summed E-state index contributed by atoms with van der Waals surface area (Å²) in [6, 6.07) is 25.1. The maximum absolute atomic E-state index is 13.0. The summed E-state index contributed by atoms with van der Waals surface area (Å²) in [5.74, 6) is -0.539. The first-order chi connectivity index (χ1) is 25.9. The molecule has 5 aromatic rings. The molecule has 0 spiro atoms. The second kappa shape index (κ2) is 17.1. The van der Waals surface area contributed by atoms with Crippen LogP contribution < -0.4 is 24.8 Å². The summed E-state index contributed by atoms with van der Waals surface area (Å²) in [5.41, 5.74) is 12.6. The molecule has 58 heavy (non-hydrogen) atoms. The summed E-state index contributed by atoms with van der Waals surface area (Å²) in [4.78, 5) is 0. The fourth-order valence-electron chi connectivity index (χ4n) is 8.27. The Morgan fingerprint density at radius 1 is 0.621 bits per heavy atom. The molecule has 0 aliphatic heterocycles. The zero-order valence-electron chi connectivity index (χ0n) is 36.5. The van der Waals surface area contributed by atoms with E-state index in [1.165, 1.54) is 84.8 Å². The molecule has 0 atom stereocenters. The van der Waals surface area contributed by atoms with Gasteiger partial charge in [0, 0.05) is 10.8 Å². The zero-order valence-corrected chi connectivity index (χ0v) is 40.5. The first kappa shape index (κ1) is 47.6. The smallest absolute Gasteiger partial charge is 1.00 e. The Bertz CT molecular complexity index is 2330. The SMILES string of the molecule is CC(C)(C)C1=CC(C)(C)c2cc3[cH-]c4cc5c(cc4c3cc21)C(C(C)(C)C)=CC5(C)C.CC(C)(C)C1=CC[C-]=C1.Fc1cccc([C](=[Zr+2])c2cccc(F)c2)c1.[Cl-].[Cl-]. The van der Waals surface area contributed by atoms with Crippen molar-refractivity contribution in [3.63, 3.8) is 0 Å². The Kier molecular flexibility index (Phi) is 14.0. The van der Waals surface area contributed by atoms with Crippen LogP contribution in [-0.2, 0) is 35.1 Å². The number of halogens is 4. The van der Waals surface area contributed by atoms with Crippen molar-refractivity contribution < 1.29 is 57.8 Å². The van der Waals surface area contributed by atoms with E-state index >= 15 is 0 Å². The van der Waals surface area contributed by atoms with Crippen molar-refractivity contribution in [3.05, 3.63) is 160 Å². The van der Waals surface area contributed by atoms with Gasteiger partial charge in [0.05, 0.1) is 0 Å². The number of fused-ring (bicyclic) bond motifs is 5. The third-order valence-corrected chi connectivity index (χ3v) is 12.8. The van der Waals surface area contributed by atoms with E-state index in [2.05, 4.69) is 151 Å². The second-order valence-corrected chi connectivity index (χ2v) is 21.3. The van der Waals surface area contributed by atoms with Gasteiger partial charge in [-0.05, 0) is 33.1 Å². The minimum atomic E-state index is -0.270. The molecule has 0 nitrogen and oxygen atoms in total. The van der Waals surface area contributed by atoms with Crippen LogP contribution in [0.3, 0.4) is 0 Å². The summed E-state index contributed by atoms with van der Waals surface area (Å²) in [7, 11) is 0. The molecular formula is C53H58Cl2F2Zr-2. The normalized spacial score (nSPS) is 16.1. The van der Waals surface area contributed by atoms with Gasteiger partial charge in [-0.3, -0.25) is 6.08 Å². The first-order valence-corrected chi connectivity index (χ1v) is 21.2. The van der Waals surface area contributed by atoms with Crippen LogP contribution in [-0.4, -0.2) is 3.21 Å². The van der Waals surface area contributed by atoms with E-state index in [9.17, 15) is 8.78 Å². The van der Waals surface area contributed by atoms with Gasteiger partial charge in [-0.1, -0.05) is 131 Å². The molecular weight excluding hydrogens is 837 g/mol. The van der Waals surface area contributed by atoms with Crippen molar-refractivity contribution >= 4 is 35.9 Å². The molecule has 5 aromatic carbocycles. The van der Waals surface area contributed by atoms with Crippen molar-refractivity contribution in [2.24, 2.45) is 16.2 Å². The van der Waals surface area contributed by atoms with Crippen molar-refractivity contribution in [2.45, 2.75) is 107 Å². The molecule has 0 saturated carbocycles. The van der Waals surface area contributed by atoms with E-state index in [-0.39, 0.29) is 58.1 Å². The van der Waals surface area contributed by atoms with E-state index < -0.39 is 0 Å². The van der Waals surface area contributed by atoms with Crippen LogP contribution in [0.2, 0.25) is 0 Å². The van der Waals surface area contributed by atoms with Crippen LogP contribution in [0, 0.1) is 34.0 Å². The van der Waals surface area contributed by atoms with E-state index in [4.69, 9.17) is 0 Å². The third-order valence-electron chi connectivity index (χ3n) is 11.4. The van der Waals surface area contributed by atoms with Crippen molar-refractivity contribution in [2.75, 3.05) is 0 Å². The Labute approximate surface area is 374 Å². The summed E-state index contributed by atoms with van der Waals surface area (Å²) < 4.78 is 27.0. The average Bonchev–Trinajstić information content (AvgIpc) is 3.87. The molecule has 0 N–H and O–H groups in total. The molecule has 0 saturated heterocycles. The summed E-state index contributed by atoms with van der Waals surface area (Å²) in [6.07, 6.45) is 13.5. The van der Waals surface area contributed by atoms with Crippen molar-refractivity contribution in [1.29, 1.82) is 0 Å². The van der Waals surface area contributed by atoms with Crippen LogP contribution in [0.4, 0.5) is 8.78 Å². The fraction of sp³-hybridized carbons (Fsp3) is 0.358. The van der Waals surface area contributed by atoms with Crippen molar-refractivity contribution in [1.82, 2.24) is 0 Å². The topological polar surface area (TPSA) is 0 Å². The van der Waals surface area contributed by atoms with Crippen molar-refractivity contribution in [3.8, 4) is 0 Å². The van der Waals surface area contributed by atoms with E-state index in [1.807, 2.05) is 12.1 Å². The Morgan fingerprint density at radius 3 is 1.34 bits per heavy atom. The van der Waals surface area contributed by atoms with Gasteiger partial charge in [0.25, 0.3) is 0 Å². The van der Waals surface area contributed by atoms with Crippen LogP contribution in [0.25, 0.3) is 32.7 Å². The molecule has 0 unspecified atom stereocenters. The molecule has 3 aliphatic rings. The van der Waals surface area contributed by atoms with E-state index in [0.717, 1.165) is 45.0 Å². The minimum Gasteiger partial charge on any atom is -1.00 e. The maximum atomic E-state index is 13.0. The van der Waals surface area contributed by atoms with Gasteiger partial charge in [0.2, 0.25) is 0 Å². The number of benzene rings is 4. The molecule has 0 aromatic heterocycles. The number of allylic oxidation sites excluding steroid dienone is 8. The Morgan fingerprint density at radius 2 is 1.03 bits per heavy atom. The van der Waals surface area contributed by atoms with Gasteiger partial charge in [-0.15, -0.1) is 46.2 Å². The molecule has 304 valence electrons. The van der Waals surface area contributed by atoms with Crippen LogP contribution in [0.5, 0.6) is 0 Å². The maximum Gasteiger partial charge on any atom is -1.00 e. The standard InChI is InChI=1S/C31H37.C13H8F2.C9H13.2ClH.Zr/c1-28(2,3)26-16-30(7,8)24-12-18-11-19-13-25-23(15-21(19)20(18)14-22(24)26)27(29(4,5)6)17-31(25,9)10;14-12-5-1-3-10(8-12)7-11-4-2-6-13(15)9-11;1-9(2,3)8-6-4-5-7-8;;;/h11-17H,1-10H3;1-6,8-9H;6-7H,4H2,1-3H3;2*1H;/q-1;;-1;;;+2/p-2. The van der Waals surface area contributed by atoms with Gasteiger partial charge < -0.3 is 24.8 Å². The molecule has 0 fully saturated rings. The van der Waals surface area contributed by atoms with Gasteiger partial charge in [-0.2, -0.15) is 11.6 Å². The minimum absolute atomic E-state index is 0. The molecule has 8 rings (SSSR count). The van der Waals surface area contributed by atoms with E-state index in [1.54, 1.807) is 12.1 Å². The first-order valence-electron chi connectivity index (χ1n) is 19.9. The number of hydrogen-bond acceptors (Lipinski definition) is 0. The predicted octanol–water partition coefficient (Wildman–Crippen LogP) is 8.96. The monoisotopic (exact) mass is 892 g/mol. The van der Waals surface area contributed by atoms with Crippen LogP contribution in [0.15, 0.2) is 109 Å². The largest absolute Gasteiger partial charge is 1.00 e. The molecule has 0 heterocycles. The van der Waals surface area contributed by atoms with Gasteiger partial charge in [0.1, 0.15) is 0 Å². The Balaban J connectivity index is 0.000000230. The molecule has 0 bridgehead atoms. The predicted molar refractivity (Wildman–Crippen MR) is 234 cm³/mol. The molecule has 0 radical (unpaired) electrons. The molecule has 3 aliphatic carbocycles. The van der Waals surface area contributed by atoms with E-state index in [0.29, 0.717) is 5.41 Å². The van der Waals surface area contributed by atoms with Gasteiger partial charge in [0.15, 0.2) is 0 Å². The van der Waals surface area contributed by atoms with Gasteiger partial charge in [-0.25, -0.2) is 6.08 Å². The Hall–Kier alpha value is -3.10. The van der Waals surface area contributed by atoms with Crippen LogP contribution >= 0.6 is 0 Å². The quantitative estimate of drug-likeness (QED) is 0.156. The summed E-state index contributed by atoms with van der Waals surface area (Å²) in [5, 5.41) is 5.58. The zero-order chi connectivity index (χ0) is 41.2. The number of rotatable bonds is 2.